The van der Waals surface area contributed by atoms with Crippen molar-refractivity contribution in [1.82, 2.24) is 0 Å². The monoisotopic (exact) mass is 379 g/mol. The molecule has 1 amide bonds. The molecule has 0 aliphatic carbocycles. The fraction of sp³-hybridized carbons (Fsp3) is 0.619. The Morgan fingerprint density at radius 3 is 2.37 bits per heavy atom. The van der Waals surface area contributed by atoms with Crippen LogP contribution in [0, 0.1) is 5.92 Å². The average Bonchev–Trinajstić information content (AvgIpc) is 2.61. The minimum atomic E-state index is -0.944. The summed E-state index contributed by atoms with van der Waals surface area (Å²) in [5.41, 5.74) is -0.176. The predicted octanol–water partition coefficient (Wildman–Crippen LogP) is 4.43. The molecule has 1 aromatic carbocycles. The lowest BCUT2D eigenvalue weighted by molar-refractivity contribution is -0.140. The Hall–Kier alpha value is -2.08. The van der Waals surface area contributed by atoms with Crippen molar-refractivity contribution >= 4 is 17.6 Å². The number of carbonyl (C=O) groups excluding carboxylic acids is 2. The van der Waals surface area contributed by atoms with E-state index in [1.807, 2.05) is 34.6 Å². The first kappa shape index (κ1) is 23.0. The first-order valence-corrected chi connectivity index (χ1v) is 9.51. The molecule has 0 saturated carbocycles. The molecular weight excluding hydrogens is 346 g/mol. The molecule has 27 heavy (non-hydrogen) atoms. The van der Waals surface area contributed by atoms with Crippen molar-refractivity contribution in [2.45, 2.75) is 66.1 Å². The molecule has 0 aromatic heterocycles. The SMILES string of the molecule is CCOC(C)(CC(C)C)C(=O)Nc1ccc(OC(C)CC)c(C(=O)OC)c1. The van der Waals surface area contributed by atoms with Crippen molar-refractivity contribution in [2.75, 3.05) is 19.0 Å². The van der Waals surface area contributed by atoms with Crippen LogP contribution in [-0.2, 0) is 14.3 Å². The van der Waals surface area contributed by atoms with Crippen LogP contribution in [0.15, 0.2) is 18.2 Å². The molecule has 152 valence electrons. The van der Waals surface area contributed by atoms with Gasteiger partial charge in [0.2, 0.25) is 0 Å². The molecule has 0 aliphatic rings. The molecular formula is C21H33NO5. The maximum absolute atomic E-state index is 12.8. The van der Waals surface area contributed by atoms with Crippen LogP contribution in [0.1, 0.15) is 64.7 Å². The van der Waals surface area contributed by atoms with E-state index in [0.29, 0.717) is 30.4 Å². The van der Waals surface area contributed by atoms with E-state index in [-0.39, 0.29) is 17.6 Å². The molecule has 0 aliphatic heterocycles. The van der Waals surface area contributed by atoms with Gasteiger partial charge in [0.05, 0.1) is 13.2 Å². The van der Waals surface area contributed by atoms with Gasteiger partial charge in [0.25, 0.3) is 5.91 Å². The summed E-state index contributed by atoms with van der Waals surface area (Å²) >= 11 is 0. The largest absolute Gasteiger partial charge is 0.490 e. The zero-order chi connectivity index (χ0) is 20.6. The molecule has 0 heterocycles. The van der Waals surface area contributed by atoms with E-state index in [1.165, 1.54) is 7.11 Å². The van der Waals surface area contributed by atoms with E-state index >= 15 is 0 Å². The number of carbonyl (C=O) groups is 2. The van der Waals surface area contributed by atoms with Crippen molar-refractivity contribution < 1.29 is 23.8 Å². The van der Waals surface area contributed by atoms with Crippen molar-refractivity contribution in [3.63, 3.8) is 0 Å². The summed E-state index contributed by atoms with van der Waals surface area (Å²) in [6.45, 7) is 12.1. The lowest BCUT2D eigenvalue weighted by Gasteiger charge is -2.30. The summed E-state index contributed by atoms with van der Waals surface area (Å²) in [6, 6.07) is 4.96. The standard InChI is InChI=1S/C21H33NO5/c1-8-15(5)27-18-11-10-16(12-17(18)19(23)25-7)22-20(24)21(6,26-9-2)13-14(3)4/h10-12,14-15H,8-9,13H2,1-7H3,(H,22,24). The fourth-order valence-corrected chi connectivity index (χ4v) is 2.86. The highest BCUT2D eigenvalue weighted by molar-refractivity contribution is 5.99. The third-order valence-corrected chi connectivity index (χ3v) is 4.29. The molecule has 2 atom stereocenters. The second kappa shape index (κ2) is 10.3. The third kappa shape index (κ3) is 6.54. The van der Waals surface area contributed by atoms with E-state index in [4.69, 9.17) is 14.2 Å². The Morgan fingerprint density at radius 1 is 1.19 bits per heavy atom. The van der Waals surface area contributed by atoms with Crippen LogP contribution in [-0.4, -0.2) is 37.3 Å². The minimum absolute atomic E-state index is 0.0406. The molecule has 0 spiro atoms. The number of esters is 1. The van der Waals surface area contributed by atoms with Gasteiger partial charge in [-0.05, 0) is 57.7 Å². The number of hydrogen-bond acceptors (Lipinski definition) is 5. The highest BCUT2D eigenvalue weighted by Crippen LogP contribution is 2.28. The summed E-state index contributed by atoms with van der Waals surface area (Å²) in [7, 11) is 1.31. The summed E-state index contributed by atoms with van der Waals surface area (Å²) in [5, 5.41) is 2.86. The Balaban J connectivity index is 3.12. The number of amides is 1. The first-order chi connectivity index (χ1) is 12.7. The van der Waals surface area contributed by atoms with Gasteiger partial charge in [-0.3, -0.25) is 4.79 Å². The zero-order valence-electron chi connectivity index (χ0n) is 17.5. The van der Waals surface area contributed by atoms with E-state index in [1.54, 1.807) is 25.1 Å². The van der Waals surface area contributed by atoms with E-state index < -0.39 is 11.6 Å². The Kier molecular flexibility index (Phi) is 8.76. The molecule has 0 radical (unpaired) electrons. The molecule has 1 aromatic rings. The van der Waals surface area contributed by atoms with Crippen LogP contribution in [0.3, 0.4) is 0 Å². The topological polar surface area (TPSA) is 73.9 Å². The van der Waals surface area contributed by atoms with Crippen LogP contribution in [0.2, 0.25) is 0 Å². The van der Waals surface area contributed by atoms with Gasteiger partial charge in [-0.15, -0.1) is 0 Å². The minimum Gasteiger partial charge on any atom is -0.490 e. The molecule has 6 heteroatoms. The van der Waals surface area contributed by atoms with Crippen molar-refractivity contribution in [1.29, 1.82) is 0 Å². The predicted molar refractivity (Wildman–Crippen MR) is 106 cm³/mol. The van der Waals surface area contributed by atoms with Gasteiger partial charge < -0.3 is 19.5 Å². The Labute approximate surface area is 162 Å². The highest BCUT2D eigenvalue weighted by atomic mass is 16.5. The summed E-state index contributed by atoms with van der Waals surface area (Å²) in [5.74, 6) is -0.0307. The lowest BCUT2D eigenvalue weighted by Crippen LogP contribution is -2.44. The van der Waals surface area contributed by atoms with Crippen LogP contribution >= 0.6 is 0 Å². The van der Waals surface area contributed by atoms with Gasteiger partial charge in [-0.2, -0.15) is 0 Å². The zero-order valence-corrected chi connectivity index (χ0v) is 17.5. The summed E-state index contributed by atoms with van der Waals surface area (Å²) in [4.78, 5) is 25.0. The maximum Gasteiger partial charge on any atom is 0.341 e. The second-order valence-corrected chi connectivity index (χ2v) is 7.26. The number of anilines is 1. The molecule has 1 rings (SSSR count). The van der Waals surface area contributed by atoms with Crippen LogP contribution in [0.4, 0.5) is 5.69 Å². The Bertz CT molecular complexity index is 643. The van der Waals surface area contributed by atoms with E-state index in [2.05, 4.69) is 5.32 Å². The third-order valence-electron chi connectivity index (χ3n) is 4.29. The molecule has 0 fully saturated rings. The maximum atomic E-state index is 12.8. The van der Waals surface area contributed by atoms with Crippen molar-refractivity contribution in [3.05, 3.63) is 23.8 Å². The molecule has 0 saturated heterocycles. The number of rotatable bonds is 10. The van der Waals surface area contributed by atoms with Crippen LogP contribution in [0.25, 0.3) is 0 Å². The van der Waals surface area contributed by atoms with Gasteiger partial charge in [0.15, 0.2) is 0 Å². The number of benzene rings is 1. The molecule has 6 nitrogen and oxygen atoms in total. The number of ether oxygens (including phenoxy) is 3. The lowest BCUT2D eigenvalue weighted by atomic mass is 9.93. The second-order valence-electron chi connectivity index (χ2n) is 7.26. The van der Waals surface area contributed by atoms with Crippen molar-refractivity contribution in [3.8, 4) is 5.75 Å². The Morgan fingerprint density at radius 2 is 1.85 bits per heavy atom. The van der Waals surface area contributed by atoms with E-state index in [9.17, 15) is 9.59 Å². The first-order valence-electron chi connectivity index (χ1n) is 9.51. The van der Waals surface area contributed by atoms with Gasteiger partial charge in [0, 0.05) is 12.3 Å². The quantitative estimate of drug-likeness (QED) is 0.609. The summed E-state index contributed by atoms with van der Waals surface area (Å²) < 4.78 is 16.4. The van der Waals surface area contributed by atoms with Gasteiger partial charge >= 0.3 is 5.97 Å². The fourth-order valence-electron chi connectivity index (χ4n) is 2.86. The van der Waals surface area contributed by atoms with Crippen LogP contribution in [0.5, 0.6) is 5.75 Å². The number of hydrogen-bond donors (Lipinski definition) is 1. The normalized spacial score (nSPS) is 14.4. The van der Waals surface area contributed by atoms with Crippen molar-refractivity contribution in [2.24, 2.45) is 5.92 Å². The number of methoxy groups -OCH3 is 1. The average molecular weight is 379 g/mol. The van der Waals surface area contributed by atoms with E-state index in [0.717, 1.165) is 6.42 Å². The molecule has 2 unspecified atom stereocenters. The molecule has 0 bridgehead atoms. The number of nitrogens with one attached hydrogen (secondary N) is 1. The highest BCUT2D eigenvalue weighted by Gasteiger charge is 2.35. The summed E-state index contributed by atoms with van der Waals surface area (Å²) in [6.07, 6.45) is 1.35. The molecule has 1 N–H and O–H groups in total. The smallest absolute Gasteiger partial charge is 0.341 e. The van der Waals surface area contributed by atoms with Gasteiger partial charge in [0.1, 0.15) is 16.9 Å². The van der Waals surface area contributed by atoms with Gasteiger partial charge in [-0.1, -0.05) is 20.8 Å². The van der Waals surface area contributed by atoms with Crippen LogP contribution < -0.4 is 10.1 Å². The van der Waals surface area contributed by atoms with Gasteiger partial charge in [-0.25, -0.2) is 4.79 Å².